The van der Waals surface area contributed by atoms with Gasteiger partial charge in [0.1, 0.15) is 5.75 Å². The van der Waals surface area contributed by atoms with Gasteiger partial charge in [-0.1, -0.05) is 17.8 Å². The van der Waals surface area contributed by atoms with Crippen LogP contribution in [-0.2, 0) is 20.9 Å². The second-order valence-electron chi connectivity index (χ2n) is 6.60. The molecule has 1 fully saturated rings. The van der Waals surface area contributed by atoms with Gasteiger partial charge in [-0.25, -0.2) is 4.68 Å². The maximum atomic E-state index is 12.1. The Morgan fingerprint density at radius 2 is 2.24 bits per heavy atom. The molecule has 11 heteroatoms. The van der Waals surface area contributed by atoms with Gasteiger partial charge in [0.15, 0.2) is 0 Å². The SMILES string of the molecule is COc1ccc(C)cc1NC(=O)CNC(=O)CSc1nnnn1CC1CCCO1. The third-order valence-corrected chi connectivity index (χ3v) is 5.26. The minimum atomic E-state index is -0.338. The van der Waals surface area contributed by atoms with Gasteiger partial charge in [0.05, 0.1) is 37.7 Å². The molecule has 0 spiro atoms. The van der Waals surface area contributed by atoms with E-state index in [0.717, 1.165) is 25.0 Å². The van der Waals surface area contributed by atoms with Crippen LogP contribution in [0.15, 0.2) is 23.4 Å². The van der Waals surface area contributed by atoms with Crippen LogP contribution in [-0.4, -0.2) is 64.1 Å². The van der Waals surface area contributed by atoms with Crippen LogP contribution in [0.5, 0.6) is 5.75 Å². The molecule has 2 aromatic rings. The number of nitrogens with one attached hydrogen (secondary N) is 2. The number of carbonyl (C=O) groups is 2. The number of thioether (sulfide) groups is 1. The normalized spacial score (nSPS) is 15.9. The molecule has 0 bridgehead atoms. The summed E-state index contributed by atoms with van der Waals surface area (Å²) < 4.78 is 12.5. The number of anilines is 1. The van der Waals surface area contributed by atoms with Gasteiger partial charge in [0.25, 0.3) is 0 Å². The lowest BCUT2D eigenvalue weighted by Gasteiger charge is -2.11. The van der Waals surface area contributed by atoms with Crippen LogP contribution >= 0.6 is 11.8 Å². The quantitative estimate of drug-likeness (QED) is 0.577. The maximum Gasteiger partial charge on any atom is 0.243 e. The second kappa shape index (κ2) is 10.2. The van der Waals surface area contributed by atoms with Gasteiger partial charge in [0, 0.05) is 6.61 Å². The summed E-state index contributed by atoms with van der Waals surface area (Å²) in [5.41, 5.74) is 1.55. The minimum absolute atomic E-state index is 0.104. The first-order valence-corrected chi connectivity index (χ1v) is 10.3. The summed E-state index contributed by atoms with van der Waals surface area (Å²) in [5, 5.41) is 17.4. The number of tetrazole rings is 1. The molecule has 156 valence electrons. The summed E-state index contributed by atoms with van der Waals surface area (Å²) in [5.74, 6) is 0.0415. The van der Waals surface area contributed by atoms with Crippen molar-refractivity contribution in [1.29, 1.82) is 0 Å². The number of amides is 2. The van der Waals surface area contributed by atoms with Crippen molar-refractivity contribution in [2.75, 3.05) is 31.3 Å². The van der Waals surface area contributed by atoms with Gasteiger partial charge in [-0.05, 0) is 47.9 Å². The number of rotatable bonds is 9. The maximum absolute atomic E-state index is 12.1. The Morgan fingerprint density at radius 3 is 3.00 bits per heavy atom. The smallest absolute Gasteiger partial charge is 0.243 e. The molecule has 2 heterocycles. The molecule has 2 amide bonds. The molecule has 2 N–H and O–H groups in total. The molecule has 0 saturated carbocycles. The third kappa shape index (κ3) is 6.16. The van der Waals surface area contributed by atoms with Crippen molar-refractivity contribution in [2.24, 2.45) is 0 Å². The van der Waals surface area contributed by atoms with Crippen LogP contribution in [0.25, 0.3) is 0 Å². The van der Waals surface area contributed by atoms with E-state index in [1.54, 1.807) is 10.7 Å². The lowest BCUT2D eigenvalue weighted by Crippen LogP contribution is -2.34. The first-order chi connectivity index (χ1) is 14.0. The lowest BCUT2D eigenvalue weighted by atomic mass is 10.2. The van der Waals surface area contributed by atoms with Crippen LogP contribution in [0.3, 0.4) is 0 Å². The summed E-state index contributed by atoms with van der Waals surface area (Å²) in [7, 11) is 1.53. The standard InChI is InChI=1S/C18H24N6O4S/c1-12-5-6-15(27-2)14(8-12)20-16(25)9-19-17(26)11-29-18-21-22-23-24(18)10-13-4-3-7-28-13/h5-6,8,13H,3-4,7,9-11H2,1-2H3,(H,19,26)(H,20,25). The average molecular weight is 420 g/mol. The fourth-order valence-corrected chi connectivity index (χ4v) is 3.59. The van der Waals surface area contributed by atoms with Crippen molar-refractivity contribution >= 4 is 29.3 Å². The van der Waals surface area contributed by atoms with E-state index in [1.807, 2.05) is 19.1 Å². The van der Waals surface area contributed by atoms with Crippen LogP contribution in [0.4, 0.5) is 5.69 Å². The zero-order valence-electron chi connectivity index (χ0n) is 16.4. The first-order valence-electron chi connectivity index (χ1n) is 9.27. The average Bonchev–Trinajstić information content (AvgIpc) is 3.37. The highest BCUT2D eigenvalue weighted by Crippen LogP contribution is 2.25. The monoisotopic (exact) mass is 420 g/mol. The van der Waals surface area contributed by atoms with E-state index in [0.29, 0.717) is 23.1 Å². The zero-order valence-corrected chi connectivity index (χ0v) is 17.2. The Bertz CT molecular complexity index is 853. The molecule has 3 rings (SSSR count). The molecular formula is C18H24N6O4S. The molecular weight excluding hydrogens is 396 g/mol. The fourth-order valence-electron chi connectivity index (χ4n) is 2.87. The summed E-state index contributed by atoms with van der Waals surface area (Å²) in [4.78, 5) is 24.2. The van der Waals surface area contributed by atoms with E-state index in [2.05, 4.69) is 26.2 Å². The van der Waals surface area contributed by atoms with Crippen LogP contribution in [0.2, 0.25) is 0 Å². The predicted molar refractivity (Wildman–Crippen MR) is 107 cm³/mol. The molecule has 29 heavy (non-hydrogen) atoms. The van der Waals surface area contributed by atoms with Gasteiger partial charge in [0.2, 0.25) is 17.0 Å². The topological polar surface area (TPSA) is 120 Å². The van der Waals surface area contributed by atoms with Gasteiger partial charge >= 0.3 is 0 Å². The fraction of sp³-hybridized carbons (Fsp3) is 0.500. The van der Waals surface area contributed by atoms with E-state index in [4.69, 9.17) is 9.47 Å². The van der Waals surface area contributed by atoms with Gasteiger partial charge in [-0.3, -0.25) is 9.59 Å². The summed E-state index contributed by atoms with van der Waals surface area (Å²) >= 11 is 1.22. The van der Waals surface area contributed by atoms with Crippen molar-refractivity contribution < 1.29 is 19.1 Å². The zero-order chi connectivity index (χ0) is 20.6. The highest BCUT2D eigenvalue weighted by Gasteiger charge is 2.19. The number of hydrogen-bond donors (Lipinski definition) is 2. The van der Waals surface area contributed by atoms with Crippen LogP contribution < -0.4 is 15.4 Å². The molecule has 1 aromatic heterocycles. The van der Waals surface area contributed by atoms with Crippen molar-refractivity contribution in [3.8, 4) is 5.75 Å². The number of carbonyl (C=O) groups excluding carboxylic acids is 2. The molecule has 1 aromatic carbocycles. The van der Waals surface area contributed by atoms with Crippen LogP contribution in [0.1, 0.15) is 18.4 Å². The number of ether oxygens (including phenoxy) is 2. The van der Waals surface area contributed by atoms with E-state index < -0.39 is 0 Å². The molecule has 10 nitrogen and oxygen atoms in total. The van der Waals surface area contributed by atoms with Crippen molar-refractivity contribution in [3.05, 3.63) is 23.8 Å². The largest absolute Gasteiger partial charge is 0.495 e. The Morgan fingerprint density at radius 1 is 1.38 bits per heavy atom. The molecule has 1 unspecified atom stereocenters. The molecule has 1 atom stereocenters. The van der Waals surface area contributed by atoms with E-state index in [-0.39, 0.29) is 30.2 Å². The molecule has 1 aliphatic heterocycles. The van der Waals surface area contributed by atoms with Gasteiger partial charge in [-0.2, -0.15) is 0 Å². The number of nitrogens with zero attached hydrogens (tertiary/aromatic N) is 4. The van der Waals surface area contributed by atoms with Crippen molar-refractivity contribution in [3.63, 3.8) is 0 Å². The first kappa shape index (κ1) is 21.1. The van der Waals surface area contributed by atoms with Gasteiger partial charge in [-0.15, -0.1) is 5.10 Å². The van der Waals surface area contributed by atoms with E-state index >= 15 is 0 Å². The van der Waals surface area contributed by atoms with E-state index in [1.165, 1.54) is 18.9 Å². The molecule has 0 radical (unpaired) electrons. The third-order valence-electron chi connectivity index (χ3n) is 4.31. The highest BCUT2D eigenvalue weighted by atomic mass is 32.2. The number of benzene rings is 1. The molecule has 1 saturated heterocycles. The van der Waals surface area contributed by atoms with Crippen LogP contribution in [0, 0.1) is 6.92 Å². The Kier molecular flexibility index (Phi) is 7.42. The summed E-state index contributed by atoms with van der Waals surface area (Å²) in [6.45, 7) is 3.10. The lowest BCUT2D eigenvalue weighted by molar-refractivity contribution is -0.122. The number of methoxy groups -OCH3 is 1. The number of aromatic nitrogens is 4. The highest BCUT2D eigenvalue weighted by molar-refractivity contribution is 7.99. The second-order valence-corrected chi connectivity index (χ2v) is 7.54. The van der Waals surface area contributed by atoms with Gasteiger partial charge < -0.3 is 20.1 Å². The summed E-state index contributed by atoms with van der Waals surface area (Å²) in [6, 6.07) is 5.48. The minimum Gasteiger partial charge on any atom is -0.495 e. The Labute approximate surface area is 172 Å². The Balaban J connectivity index is 1.43. The van der Waals surface area contributed by atoms with Crippen molar-refractivity contribution in [1.82, 2.24) is 25.5 Å². The van der Waals surface area contributed by atoms with E-state index in [9.17, 15) is 9.59 Å². The number of hydrogen-bond acceptors (Lipinski definition) is 8. The molecule has 0 aliphatic carbocycles. The summed E-state index contributed by atoms with van der Waals surface area (Å²) in [6.07, 6.45) is 2.12. The number of aryl methyl sites for hydroxylation is 1. The van der Waals surface area contributed by atoms with Crippen molar-refractivity contribution in [2.45, 2.75) is 37.6 Å². The Hall–Kier alpha value is -2.66. The predicted octanol–water partition coefficient (Wildman–Crippen LogP) is 1.02. The molecule has 1 aliphatic rings.